The van der Waals surface area contributed by atoms with E-state index < -0.39 is 10.8 Å². The molecule has 0 fully saturated rings. The number of nitro groups is 1. The minimum Gasteiger partial charge on any atom is -0.337 e. The van der Waals surface area contributed by atoms with Crippen molar-refractivity contribution < 1.29 is 14.5 Å². The molecule has 0 unspecified atom stereocenters. The molecule has 2 amide bonds. The van der Waals surface area contributed by atoms with Crippen molar-refractivity contribution in [3.8, 4) is 0 Å². The van der Waals surface area contributed by atoms with Gasteiger partial charge in [0.1, 0.15) is 6.54 Å². The van der Waals surface area contributed by atoms with Gasteiger partial charge in [0.2, 0.25) is 11.8 Å². The van der Waals surface area contributed by atoms with Crippen LogP contribution in [-0.4, -0.2) is 27.5 Å². The van der Waals surface area contributed by atoms with E-state index in [2.05, 4.69) is 15.8 Å². The van der Waals surface area contributed by atoms with Crippen LogP contribution in [-0.2, 0) is 22.6 Å². The number of carbonyl (C=O) groups excluding carboxylic acids is 2. The molecule has 4 aromatic rings. The molecule has 2 N–H and O–H groups in total. The van der Waals surface area contributed by atoms with Crippen molar-refractivity contribution in [2.45, 2.75) is 13.0 Å². The van der Waals surface area contributed by atoms with Gasteiger partial charge in [0.05, 0.1) is 17.6 Å². The van der Waals surface area contributed by atoms with Gasteiger partial charge in [-0.2, -0.15) is 5.10 Å². The summed E-state index contributed by atoms with van der Waals surface area (Å²) in [5.74, 6) is -0.648. The van der Waals surface area contributed by atoms with Gasteiger partial charge in [0, 0.05) is 40.0 Å². The van der Waals surface area contributed by atoms with E-state index in [1.807, 2.05) is 59.2 Å². The van der Waals surface area contributed by atoms with Crippen LogP contribution in [0.25, 0.3) is 10.9 Å². The number of nitrogens with zero attached hydrogens (tertiary/aromatic N) is 3. The highest BCUT2D eigenvalue weighted by Crippen LogP contribution is 2.21. The molecule has 0 aliphatic heterocycles. The Kier molecular flexibility index (Phi) is 6.73. The fraction of sp³-hybridized carbons (Fsp3) is 0.0800. The van der Waals surface area contributed by atoms with Gasteiger partial charge in [-0.1, -0.05) is 54.6 Å². The maximum absolute atomic E-state index is 12.5. The molecule has 4 rings (SSSR count). The summed E-state index contributed by atoms with van der Waals surface area (Å²) >= 11 is 0. The number of benzene rings is 3. The second-order valence-electron chi connectivity index (χ2n) is 7.50. The minimum absolute atomic E-state index is 0.104. The zero-order valence-electron chi connectivity index (χ0n) is 18.0. The average molecular weight is 455 g/mol. The van der Waals surface area contributed by atoms with Crippen LogP contribution in [0.1, 0.15) is 11.1 Å². The van der Waals surface area contributed by atoms with Gasteiger partial charge >= 0.3 is 0 Å². The van der Waals surface area contributed by atoms with Gasteiger partial charge in [0.15, 0.2) is 0 Å². The average Bonchev–Trinajstić information content (AvgIpc) is 3.17. The standard InChI is InChI=1S/C25H21N5O4/c31-24(14-18-8-4-6-12-22(18)30(33)34)28-26-15-19-16-29(23-13-7-5-11-21(19)23)17-25(32)27-20-9-2-1-3-10-20/h1-13,15-16H,14,17H2,(H,27,32)(H,28,31)/b26-15+. The molecule has 9 nitrogen and oxygen atoms in total. The van der Waals surface area contributed by atoms with E-state index in [-0.39, 0.29) is 24.6 Å². The summed E-state index contributed by atoms with van der Waals surface area (Å²) in [6, 6.07) is 22.8. The third-order valence-electron chi connectivity index (χ3n) is 5.12. The molecule has 0 saturated heterocycles. The largest absolute Gasteiger partial charge is 0.337 e. The summed E-state index contributed by atoms with van der Waals surface area (Å²) in [5.41, 5.74) is 4.88. The summed E-state index contributed by atoms with van der Waals surface area (Å²) in [7, 11) is 0. The van der Waals surface area contributed by atoms with E-state index >= 15 is 0 Å². The number of nitrogens with one attached hydrogen (secondary N) is 2. The SMILES string of the molecule is O=C(Cc1ccccc1[N+](=O)[O-])N/N=C/c1cn(CC(=O)Nc2ccccc2)c2ccccc12. The summed E-state index contributed by atoms with van der Waals surface area (Å²) in [4.78, 5) is 35.4. The minimum atomic E-state index is -0.519. The van der Waals surface area contributed by atoms with Gasteiger partial charge in [0.25, 0.3) is 5.69 Å². The lowest BCUT2D eigenvalue weighted by Crippen LogP contribution is -2.20. The predicted molar refractivity (Wildman–Crippen MR) is 130 cm³/mol. The summed E-state index contributed by atoms with van der Waals surface area (Å²) in [5, 5.41) is 18.9. The number of para-hydroxylation sites is 3. The van der Waals surface area contributed by atoms with Crippen LogP contribution in [0.5, 0.6) is 0 Å². The Hall–Kier alpha value is -4.79. The van der Waals surface area contributed by atoms with Gasteiger partial charge in [-0.15, -0.1) is 0 Å². The molecule has 0 spiro atoms. The smallest absolute Gasteiger partial charge is 0.273 e. The van der Waals surface area contributed by atoms with Crippen molar-refractivity contribution in [2.75, 3.05) is 5.32 Å². The number of hydrazone groups is 1. The molecular formula is C25H21N5O4. The number of anilines is 1. The van der Waals surface area contributed by atoms with Crippen LogP contribution < -0.4 is 10.7 Å². The van der Waals surface area contributed by atoms with E-state index in [9.17, 15) is 19.7 Å². The number of carbonyl (C=O) groups is 2. The zero-order chi connectivity index (χ0) is 23.9. The normalized spacial score (nSPS) is 10.9. The molecule has 170 valence electrons. The number of fused-ring (bicyclic) bond motifs is 1. The molecule has 0 aliphatic rings. The van der Waals surface area contributed by atoms with E-state index in [1.165, 1.54) is 18.3 Å². The Labute approximate surface area is 194 Å². The second-order valence-corrected chi connectivity index (χ2v) is 7.50. The molecular weight excluding hydrogens is 434 g/mol. The number of hydrogen-bond donors (Lipinski definition) is 2. The Morgan fingerprint density at radius 2 is 1.65 bits per heavy atom. The predicted octanol–water partition coefficient (Wildman–Crippen LogP) is 3.88. The highest BCUT2D eigenvalue weighted by atomic mass is 16.6. The lowest BCUT2D eigenvalue weighted by atomic mass is 10.1. The highest BCUT2D eigenvalue weighted by molar-refractivity contribution is 6.00. The van der Waals surface area contributed by atoms with Crippen LogP contribution in [0.4, 0.5) is 11.4 Å². The topological polar surface area (TPSA) is 119 Å². The molecule has 3 aromatic carbocycles. The Morgan fingerprint density at radius 3 is 2.44 bits per heavy atom. The van der Waals surface area contributed by atoms with E-state index in [4.69, 9.17) is 0 Å². The summed E-state index contributed by atoms with van der Waals surface area (Å²) in [6.07, 6.45) is 3.11. The maximum atomic E-state index is 12.5. The maximum Gasteiger partial charge on any atom is 0.273 e. The van der Waals surface area contributed by atoms with E-state index in [1.54, 1.807) is 18.3 Å². The van der Waals surface area contributed by atoms with Crippen LogP contribution in [0.3, 0.4) is 0 Å². The summed E-state index contributed by atoms with van der Waals surface area (Å²) in [6.45, 7) is 0.104. The molecule has 0 aliphatic carbocycles. The fourth-order valence-electron chi connectivity index (χ4n) is 3.61. The van der Waals surface area contributed by atoms with Gasteiger partial charge in [-0.3, -0.25) is 19.7 Å². The zero-order valence-corrected chi connectivity index (χ0v) is 18.0. The van der Waals surface area contributed by atoms with Crippen molar-refractivity contribution in [1.82, 2.24) is 9.99 Å². The Bertz CT molecular complexity index is 1380. The molecule has 0 atom stereocenters. The first-order chi connectivity index (χ1) is 16.5. The Balaban J connectivity index is 1.45. The van der Waals surface area contributed by atoms with Crippen LogP contribution in [0.15, 0.2) is 90.2 Å². The Morgan fingerprint density at radius 1 is 0.941 bits per heavy atom. The summed E-state index contributed by atoms with van der Waals surface area (Å²) < 4.78 is 1.81. The molecule has 0 radical (unpaired) electrons. The van der Waals surface area contributed by atoms with Crippen LogP contribution >= 0.6 is 0 Å². The molecule has 1 aromatic heterocycles. The molecule has 9 heteroatoms. The first-order valence-electron chi connectivity index (χ1n) is 10.5. The van der Waals surface area contributed by atoms with Gasteiger partial charge < -0.3 is 9.88 Å². The molecule has 1 heterocycles. The number of rotatable bonds is 8. The first kappa shape index (κ1) is 22.4. The second kappa shape index (κ2) is 10.2. The lowest BCUT2D eigenvalue weighted by Gasteiger charge is -2.07. The van der Waals surface area contributed by atoms with Crippen molar-refractivity contribution >= 4 is 40.3 Å². The lowest BCUT2D eigenvalue weighted by molar-refractivity contribution is -0.385. The van der Waals surface area contributed by atoms with Crippen molar-refractivity contribution in [3.05, 3.63) is 106 Å². The number of hydrogen-bond acceptors (Lipinski definition) is 5. The van der Waals surface area contributed by atoms with Crippen molar-refractivity contribution in [3.63, 3.8) is 0 Å². The van der Waals surface area contributed by atoms with Crippen LogP contribution in [0, 0.1) is 10.1 Å². The third-order valence-corrected chi connectivity index (χ3v) is 5.12. The van der Waals surface area contributed by atoms with E-state index in [0.29, 0.717) is 16.8 Å². The van der Waals surface area contributed by atoms with Crippen molar-refractivity contribution in [2.24, 2.45) is 5.10 Å². The molecule has 0 bridgehead atoms. The van der Waals surface area contributed by atoms with Crippen molar-refractivity contribution in [1.29, 1.82) is 0 Å². The molecule has 34 heavy (non-hydrogen) atoms. The highest BCUT2D eigenvalue weighted by Gasteiger charge is 2.15. The van der Waals surface area contributed by atoms with Gasteiger partial charge in [-0.05, 0) is 18.2 Å². The number of aromatic nitrogens is 1. The number of nitro benzene ring substituents is 1. The number of amides is 2. The third kappa shape index (κ3) is 5.33. The first-order valence-corrected chi connectivity index (χ1v) is 10.5. The fourth-order valence-corrected chi connectivity index (χ4v) is 3.61. The van der Waals surface area contributed by atoms with Crippen LogP contribution in [0.2, 0.25) is 0 Å². The van der Waals surface area contributed by atoms with E-state index in [0.717, 1.165) is 10.9 Å². The molecule has 0 saturated carbocycles. The monoisotopic (exact) mass is 455 g/mol. The van der Waals surface area contributed by atoms with Gasteiger partial charge in [-0.25, -0.2) is 5.43 Å². The quantitative estimate of drug-likeness (QED) is 0.238.